The monoisotopic (exact) mass is 541 g/mol. The highest BCUT2D eigenvalue weighted by Crippen LogP contribution is 2.28. The zero-order valence-electron chi connectivity index (χ0n) is 21.0. The number of rotatable bonds is 8. The Morgan fingerprint density at radius 1 is 0.789 bits per heavy atom. The fourth-order valence-corrected chi connectivity index (χ4v) is 5.95. The number of benzene rings is 4. The van der Waals surface area contributed by atoms with Crippen LogP contribution in [0.2, 0.25) is 0 Å². The van der Waals surface area contributed by atoms with Gasteiger partial charge in [-0.2, -0.15) is 8.75 Å². The lowest BCUT2D eigenvalue weighted by Crippen LogP contribution is -2.35. The molecule has 0 radical (unpaired) electrons. The van der Waals surface area contributed by atoms with E-state index in [0.29, 0.717) is 17.5 Å². The number of hydrogen-bond acceptors (Lipinski definition) is 6. The quantitative estimate of drug-likeness (QED) is 0.249. The second-order valence-corrected chi connectivity index (χ2v) is 11.7. The summed E-state index contributed by atoms with van der Waals surface area (Å²) in [6.07, 6.45) is 0.317. The van der Waals surface area contributed by atoms with Crippen LogP contribution in [0.1, 0.15) is 42.4 Å². The summed E-state index contributed by atoms with van der Waals surface area (Å²) < 4.78 is 37.2. The van der Waals surface area contributed by atoms with Crippen LogP contribution in [0, 0.1) is 0 Å². The molecule has 1 heterocycles. The molecule has 38 heavy (non-hydrogen) atoms. The van der Waals surface area contributed by atoms with Gasteiger partial charge in [-0.05, 0) is 64.4 Å². The molecule has 5 aromatic rings. The molecule has 0 aliphatic heterocycles. The number of sulfonamides is 1. The predicted molar refractivity (Wildman–Crippen MR) is 152 cm³/mol. The number of nitrogens with zero attached hydrogens (tertiary/aromatic N) is 2. The molecule has 1 amide bonds. The van der Waals surface area contributed by atoms with Gasteiger partial charge < -0.3 is 0 Å². The maximum absolute atomic E-state index is 13.6. The minimum absolute atomic E-state index is 0.0548. The number of aromatic nitrogens is 2. The lowest BCUT2D eigenvalue weighted by atomic mass is 9.90. The van der Waals surface area contributed by atoms with Crippen molar-refractivity contribution in [2.75, 3.05) is 0 Å². The highest BCUT2D eigenvalue weighted by molar-refractivity contribution is 7.90. The molecule has 0 saturated heterocycles. The molecule has 1 N–H and O–H groups in total. The molecule has 1 atom stereocenters. The summed E-state index contributed by atoms with van der Waals surface area (Å²) in [6, 6.07) is 30.0. The zero-order chi connectivity index (χ0) is 26.7. The normalized spacial score (nSPS) is 12.5. The minimum Gasteiger partial charge on any atom is -0.273 e. The van der Waals surface area contributed by atoms with Crippen LogP contribution < -0.4 is 4.72 Å². The largest absolute Gasteiger partial charge is 0.273 e. The molecule has 0 fully saturated rings. The van der Waals surface area contributed by atoms with E-state index in [1.165, 1.54) is 12.1 Å². The van der Waals surface area contributed by atoms with Gasteiger partial charge in [0, 0.05) is 0 Å². The Morgan fingerprint density at radius 3 is 2.21 bits per heavy atom. The van der Waals surface area contributed by atoms with Crippen molar-refractivity contribution >= 4 is 38.7 Å². The van der Waals surface area contributed by atoms with Gasteiger partial charge in [-0.3, -0.25) is 4.79 Å². The number of nitrogens with one attached hydrogen (secondary N) is 1. The maximum atomic E-state index is 13.6. The van der Waals surface area contributed by atoms with Crippen LogP contribution in [0.25, 0.3) is 22.2 Å². The first kappa shape index (κ1) is 25.8. The van der Waals surface area contributed by atoms with Gasteiger partial charge in [-0.1, -0.05) is 86.6 Å². The van der Waals surface area contributed by atoms with Crippen LogP contribution in [0.3, 0.4) is 0 Å². The molecule has 1 aromatic heterocycles. The standard InChI is InChI=1S/C30H27N3O3S2/c1-20(2)22-11-14-26(15-12-22)38(35,36)33-30(34)27(25-13-16-28-29(19-25)32-37-31-28)18-21-7-6-10-24(17-21)23-8-4-3-5-9-23/h3-17,19-20,27H,18H2,1-2H3,(H,33,34). The van der Waals surface area contributed by atoms with Crippen LogP contribution in [0.5, 0.6) is 0 Å². The lowest BCUT2D eigenvalue weighted by molar-refractivity contribution is -0.120. The summed E-state index contributed by atoms with van der Waals surface area (Å²) in [7, 11) is -4.06. The molecular formula is C30H27N3O3S2. The Bertz CT molecular complexity index is 1680. The Morgan fingerprint density at radius 2 is 1.47 bits per heavy atom. The number of hydrogen-bond donors (Lipinski definition) is 1. The smallest absolute Gasteiger partial charge is 0.264 e. The molecule has 8 heteroatoms. The van der Waals surface area contributed by atoms with E-state index >= 15 is 0 Å². The SMILES string of the molecule is CC(C)c1ccc(S(=O)(=O)NC(=O)C(Cc2cccc(-c3ccccc3)c2)c2ccc3nsnc3c2)cc1. The van der Waals surface area contributed by atoms with E-state index < -0.39 is 21.8 Å². The van der Waals surface area contributed by atoms with Crippen LogP contribution in [0.15, 0.2) is 102 Å². The van der Waals surface area contributed by atoms with E-state index in [-0.39, 0.29) is 10.8 Å². The Kier molecular flexibility index (Phi) is 7.35. The van der Waals surface area contributed by atoms with Gasteiger partial charge in [0.1, 0.15) is 11.0 Å². The van der Waals surface area contributed by atoms with Crippen molar-refractivity contribution in [1.29, 1.82) is 0 Å². The summed E-state index contributed by atoms with van der Waals surface area (Å²) in [6.45, 7) is 4.08. The van der Waals surface area contributed by atoms with Gasteiger partial charge in [0.05, 0.1) is 22.5 Å². The fraction of sp³-hybridized carbons (Fsp3) is 0.167. The van der Waals surface area contributed by atoms with Crippen molar-refractivity contribution in [2.45, 2.75) is 37.0 Å². The third kappa shape index (κ3) is 5.66. The summed E-state index contributed by atoms with van der Waals surface area (Å²) in [5.41, 5.74) is 6.13. The van der Waals surface area contributed by atoms with Crippen molar-refractivity contribution < 1.29 is 13.2 Å². The van der Waals surface area contributed by atoms with Crippen molar-refractivity contribution in [2.24, 2.45) is 0 Å². The molecule has 0 aliphatic carbocycles. The summed E-state index contributed by atoms with van der Waals surface area (Å²) in [5.74, 6) is -1.07. The molecule has 0 spiro atoms. The first-order valence-corrected chi connectivity index (χ1v) is 14.5. The third-order valence-corrected chi connectivity index (χ3v) is 8.48. The van der Waals surface area contributed by atoms with Crippen LogP contribution in [0.4, 0.5) is 0 Å². The van der Waals surface area contributed by atoms with E-state index in [2.05, 4.69) is 13.5 Å². The molecule has 0 saturated carbocycles. The minimum atomic E-state index is -4.06. The maximum Gasteiger partial charge on any atom is 0.264 e. The molecule has 1 unspecified atom stereocenters. The average Bonchev–Trinajstić information content (AvgIpc) is 3.40. The van der Waals surface area contributed by atoms with E-state index in [9.17, 15) is 13.2 Å². The van der Waals surface area contributed by atoms with E-state index in [0.717, 1.165) is 39.5 Å². The third-order valence-electron chi connectivity index (χ3n) is 6.56. The van der Waals surface area contributed by atoms with Gasteiger partial charge in [0.25, 0.3) is 10.0 Å². The number of amides is 1. The number of fused-ring (bicyclic) bond motifs is 1. The van der Waals surface area contributed by atoms with E-state index in [1.54, 1.807) is 12.1 Å². The summed E-state index contributed by atoms with van der Waals surface area (Å²) >= 11 is 1.10. The van der Waals surface area contributed by atoms with E-state index in [1.807, 2.05) is 86.6 Å². The first-order chi connectivity index (χ1) is 18.3. The first-order valence-electron chi connectivity index (χ1n) is 12.3. The Balaban J connectivity index is 1.47. The van der Waals surface area contributed by atoms with E-state index in [4.69, 9.17) is 0 Å². The summed E-state index contributed by atoms with van der Waals surface area (Å²) in [4.78, 5) is 13.7. The number of carbonyl (C=O) groups is 1. The predicted octanol–water partition coefficient (Wildman–Crippen LogP) is 6.31. The summed E-state index contributed by atoms with van der Waals surface area (Å²) in [5, 5.41) is 0. The van der Waals surface area contributed by atoms with Gasteiger partial charge in [-0.25, -0.2) is 13.1 Å². The van der Waals surface area contributed by atoms with Crippen molar-refractivity contribution in [1.82, 2.24) is 13.5 Å². The van der Waals surface area contributed by atoms with Crippen molar-refractivity contribution in [3.8, 4) is 11.1 Å². The van der Waals surface area contributed by atoms with Gasteiger partial charge in [-0.15, -0.1) is 0 Å². The van der Waals surface area contributed by atoms with Crippen LogP contribution in [-0.4, -0.2) is 23.1 Å². The second kappa shape index (κ2) is 10.8. The highest BCUT2D eigenvalue weighted by Gasteiger charge is 2.27. The fourth-order valence-electron chi connectivity index (χ4n) is 4.42. The molecule has 0 aliphatic rings. The molecule has 4 aromatic carbocycles. The van der Waals surface area contributed by atoms with Crippen LogP contribution in [-0.2, 0) is 21.2 Å². The van der Waals surface area contributed by atoms with Gasteiger partial charge >= 0.3 is 0 Å². The average molecular weight is 542 g/mol. The van der Waals surface area contributed by atoms with Gasteiger partial charge in [0.2, 0.25) is 5.91 Å². The zero-order valence-corrected chi connectivity index (χ0v) is 22.7. The molecule has 0 bridgehead atoms. The topological polar surface area (TPSA) is 89.0 Å². The molecule has 192 valence electrons. The lowest BCUT2D eigenvalue weighted by Gasteiger charge is -2.18. The molecular weight excluding hydrogens is 514 g/mol. The molecule has 6 nitrogen and oxygen atoms in total. The second-order valence-electron chi connectivity index (χ2n) is 9.53. The highest BCUT2D eigenvalue weighted by atomic mass is 32.2. The van der Waals surface area contributed by atoms with Crippen molar-refractivity contribution in [3.05, 3.63) is 114 Å². The van der Waals surface area contributed by atoms with Crippen molar-refractivity contribution in [3.63, 3.8) is 0 Å². The van der Waals surface area contributed by atoms with Crippen LogP contribution >= 0.6 is 11.7 Å². The number of carbonyl (C=O) groups excluding carboxylic acids is 1. The van der Waals surface area contributed by atoms with Gasteiger partial charge in [0.15, 0.2) is 0 Å². The Labute approximate surface area is 226 Å². The molecule has 5 rings (SSSR count). The Hall–Kier alpha value is -3.88.